The van der Waals surface area contributed by atoms with Crippen LogP contribution in [0.3, 0.4) is 0 Å². The number of nitrogens with one attached hydrogen (secondary N) is 1. The standard InChI is InChI=1S/C20H20N2O3/c1-13-6-3-4-9-18(13)22-12-16(11-19(22)24)20(25)21-17-8-5-7-15(10-17)14(2)23/h3-10,16H,11-12H2,1-2H3,(H,21,25)/t16-/m1/s1. The summed E-state index contributed by atoms with van der Waals surface area (Å²) in [6.07, 6.45) is 0.187. The molecule has 5 heteroatoms. The maximum absolute atomic E-state index is 12.5. The van der Waals surface area contributed by atoms with Gasteiger partial charge in [-0.25, -0.2) is 0 Å². The van der Waals surface area contributed by atoms with Crippen LogP contribution in [0.4, 0.5) is 11.4 Å². The Bertz CT molecular complexity index is 844. The molecular weight excluding hydrogens is 316 g/mol. The molecule has 2 aromatic carbocycles. The van der Waals surface area contributed by atoms with Crippen molar-refractivity contribution in [3.63, 3.8) is 0 Å². The van der Waals surface area contributed by atoms with E-state index in [2.05, 4.69) is 5.32 Å². The van der Waals surface area contributed by atoms with Crippen molar-refractivity contribution in [1.29, 1.82) is 0 Å². The SMILES string of the molecule is CC(=O)c1cccc(NC(=O)[C@@H]2CC(=O)N(c3ccccc3C)C2)c1. The molecule has 1 atom stereocenters. The molecule has 0 bridgehead atoms. The number of anilines is 2. The van der Waals surface area contributed by atoms with Gasteiger partial charge in [0.05, 0.1) is 5.92 Å². The summed E-state index contributed by atoms with van der Waals surface area (Å²) >= 11 is 0. The zero-order valence-electron chi connectivity index (χ0n) is 14.3. The van der Waals surface area contributed by atoms with Crippen LogP contribution in [0.25, 0.3) is 0 Å². The van der Waals surface area contributed by atoms with E-state index in [0.29, 0.717) is 17.8 Å². The lowest BCUT2D eigenvalue weighted by Crippen LogP contribution is -2.28. The predicted octanol–water partition coefficient (Wildman–Crippen LogP) is 3.19. The van der Waals surface area contributed by atoms with Crippen molar-refractivity contribution in [2.45, 2.75) is 20.3 Å². The van der Waals surface area contributed by atoms with Gasteiger partial charge in [0.1, 0.15) is 0 Å². The minimum absolute atomic E-state index is 0.0491. The number of Topliss-reactive ketones (excluding diaryl/α,β-unsaturated/α-hetero) is 1. The van der Waals surface area contributed by atoms with Gasteiger partial charge in [0.25, 0.3) is 0 Å². The molecule has 1 fully saturated rings. The molecule has 0 saturated carbocycles. The quantitative estimate of drug-likeness (QED) is 0.872. The minimum Gasteiger partial charge on any atom is -0.326 e. The summed E-state index contributed by atoms with van der Waals surface area (Å²) < 4.78 is 0. The second-order valence-corrected chi connectivity index (χ2v) is 6.32. The maximum atomic E-state index is 12.5. The Kier molecular flexibility index (Phi) is 4.65. The highest BCUT2D eigenvalue weighted by molar-refractivity contribution is 6.04. The van der Waals surface area contributed by atoms with Gasteiger partial charge in [0.15, 0.2) is 5.78 Å². The van der Waals surface area contributed by atoms with Crippen LogP contribution in [-0.2, 0) is 9.59 Å². The van der Waals surface area contributed by atoms with Crippen LogP contribution in [0.5, 0.6) is 0 Å². The molecule has 25 heavy (non-hydrogen) atoms. The molecule has 1 aliphatic rings. The zero-order chi connectivity index (χ0) is 18.0. The van der Waals surface area contributed by atoms with Crippen molar-refractivity contribution in [3.05, 3.63) is 59.7 Å². The summed E-state index contributed by atoms with van der Waals surface area (Å²) in [6.45, 7) is 3.79. The molecule has 0 aliphatic carbocycles. The third kappa shape index (κ3) is 3.60. The van der Waals surface area contributed by atoms with Gasteiger partial charge >= 0.3 is 0 Å². The fourth-order valence-corrected chi connectivity index (χ4v) is 3.04. The molecule has 128 valence electrons. The Morgan fingerprint density at radius 3 is 2.60 bits per heavy atom. The number of aryl methyl sites for hydroxylation is 1. The van der Waals surface area contributed by atoms with Gasteiger partial charge in [-0.2, -0.15) is 0 Å². The Morgan fingerprint density at radius 2 is 1.88 bits per heavy atom. The molecule has 2 amide bonds. The van der Waals surface area contributed by atoms with E-state index in [1.165, 1.54) is 6.92 Å². The number of hydrogen-bond donors (Lipinski definition) is 1. The molecule has 0 spiro atoms. The van der Waals surface area contributed by atoms with Gasteiger partial charge in [-0.05, 0) is 37.6 Å². The largest absolute Gasteiger partial charge is 0.326 e. The van der Waals surface area contributed by atoms with Crippen LogP contribution in [0.15, 0.2) is 48.5 Å². The van der Waals surface area contributed by atoms with Crippen LogP contribution in [0.2, 0.25) is 0 Å². The van der Waals surface area contributed by atoms with E-state index in [1.54, 1.807) is 29.2 Å². The Morgan fingerprint density at radius 1 is 1.12 bits per heavy atom. The van der Waals surface area contributed by atoms with Gasteiger partial charge < -0.3 is 10.2 Å². The number of rotatable bonds is 4. The van der Waals surface area contributed by atoms with E-state index < -0.39 is 5.92 Å². The number of nitrogens with zero attached hydrogens (tertiary/aromatic N) is 1. The van der Waals surface area contributed by atoms with Crippen LogP contribution in [-0.4, -0.2) is 24.1 Å². The summed E-state index contributed by atoms with van der Waals surface area (Å²) in [4.78, 5) is 38.0. The normalized spacial score (nSPS) is 16.8. The van der Waals surface area contributed by atoms with Gasteiger partial charge in [-0.3, -0.25) is 14.4 Å². The van der Waals surface area contributed by atoms with E-state index in [-0.39, 0.29) is 24.0 Å². The summed E-state index contributed by atoms with van der Waals surface area (Å²) in [5.41, 5.74) is 2.97. The van der Waals surface area contributed by atoms with E-state index in [9.17, 15) is 14.4 Å². The third-order valence-corrected chi connectivity index (χ3v) is 4.44. The van der Waals surface area contributed by atoms with E-state index >= 15 is 0 Å². The Hall–Kier alpha value is -2.95. The minimum atomic E-state index is -0.409. The molecule has 2 aromatic rings. The first-order valence-corrected chi connectivity index (χ1v) is 8.23. The summed E-state index contributed by atoms with van der Waals surface area (Å²) in [5, 5.41) is 2.82. The lowest BCUT2D eigenvalue weighted by molar-refractivity contribution is -0.122. The fourth-order valence-electron chi connectivity index (χ4n) is 3.04. The van der Waals surface area contributed by atoms with Gasteiger partial charge in [0, 0.05) is 29.9 Å². The molecule has 3 rings (SSSR count). The lowest BCUT2D eigenvalue weighted by atomic mass is 10.1. The molecule has 5 nitrogen and oxygen atoms in total. The van der Waals surface area contributed by atoms with Crippen molar-refractivity contribution < 1.29 is 14.4 Å². The monoisotopic (exact) mass is 336 g/mol. The Labute approximate surface area is 146 Å². The topological polar surface area (TPSA) is 66.5 Å². The van der Waals surface area contributed by atoms with Gasteiger partial charge in [0.2, 0.25) is 11.8 Å². The van der Waals surface area contributed by atoms with Crippen LogP contribution in [0.1, 0.15) is 29.3 Å². The van der Waals surface area contributed by atoms with Crippen LogP contribution >= 0.6 is 0 Å². The highest BCUT2D eigenvalue weighted by Gasteiger charge is 2.35. The number of para-hydroxylation sites is 1. The lowest BCUT2D eigenvalue weighted by Gasteiger charge is -2.19. The van der Waals surface area contributed by atoms with E-state index in [1.807, 2.05) is 31.2 Å². The summed E-state index contributed by atoms with van der Waals surface area (Å²) in [6, 6.07) is 14.5. The highest BCUT2D eigenvalue weighted by atomic mass is 16.2. The first-order valence-electron chi connectivity index (χ1n) is 8.23. The second-order valence-electron chi connectivity index (χ2n) is 6.32. The van der Waals surface area contributed by atoms with Crippen molar-refractivity contribution >= 4 is 29.0 Å². The van der Waals surface area contributed by atoms with Crippen molar-refractivity contribution in [2.75, 3.05) is 16.8 Å². The number of amides is 2. The smallest absolute Gasteiger partial charge is 0.229 e. The molecule has 1 aliphatic heterocycles. The van der Waals surface area contributed by atoms with Gasteiger partial charge in [-0.15, -0.1) is 0 Å². The maximum Gasteiger partial charge on any atom is 0.229 e. The number of ketones is 1. The van der Waals surface area contributed by atoms with Crippen molar-refractivity contribution in [2.24, 2.45) is 5.92 Å². The predicted molar refractivity (Wildman–Crippen MR) is 96.7 cm³/mol. The molecule has 1 saturated heterocycles. The molecule has 0 unspecified atom stereocenters. The number of carbonyl (C=O) groups is 3. The second kappa shape index (κ2) is 6.89. The van der Waals surface area contributed by atoms with Crippen molar-refractivity contribution in [3.8, 4) is 0 Å². The number of carbonyl (C=O) groups excluding carboxylic acids is 3. The van der Waals surface area contributed by atoms with Crippen molar-refractivity contribution in [1.82, 2.24) is 0 Å². The first-order chi connectivity index (χ1) is 12.0. The average molecular weight is 336 g/mol. The molecule has 1 N–H and O–H groups in total. The highest BCUT2D eigenvalue weighted by Crippen LogP contribution is 2.28. The summed E-state index contributed by atoms with van der Waals surface area (Å²) in [5.74, 6) is -0.719. The third-order valence-electron chi connectivity index (χ3n) is 4.44. The van der Waals surface area contributed by atoms with Crippen LogP contribution in [0, 0.1) is 12.8 Å². The average Bonchev–Trinajstić information content (AvgIpc) is 2.97. The summed E-state index contributed by atoms with van der Waals surface area (Å²) in [7, 11) is 0. The molecule has 0 aromatic heterocycles. The number of benzene rings is 2. The molecule has 1 heterocycles. The van der Waals surface area contributed by atoms with Crippen LogP contribution < -0.4 is 10.2 Å². The first kappa shape index (κ1) is 16.9. The van der Waals surface area contributed by atoms with Gasteiger partial charge in [-0.1, -0.05) is 30.3 Å². The van der Waals surface area contributed by atoms with E-state index in [4.69, 9.17) is 0 Å². The molecule has 0 radical (unpaired) electrons. The Balaban J connectivity index is 1.72. The number of hydrogen-bond acceptors (Lipinski definition) is 3. The fraction of sp³-hybridized carbons (Fsp3) is 0.250. The van der Waals surface area contributed by atoms with E-state index in [0.717, 1.165) is 11.3 Å². The molecular formula is C20H20N2O3. The zero-order valence-corrected chi connectivity index (χ0v) is 14.3.